The molecule has 0 fully saturated rings. The van der Waals surface area contributed by atoms with Crippen molar-refractivity contribution in [1.29, 1.82) is 0 Å². The van der Waals surface area contributed by atoms with Crippen molar-refractivity contribution in [3.8, 4) is 0 Å². The van der Waals surface area contributed by atoms with Gasteiger partial charge in [0.2, 0.25) is 0 Å². The van der Waals surface area contributed by atoms with E-state index in [1.54, 1.807) is 60.7 Å². The molecule has 2 aromatic carbocycles. The molecule has 2 aromatic rings. The van der Waals surface area contributed by atoms with Gasteiger partial charge < -0.3 is 0 Å². The largest absolute Gasteiger partial charge is 0.299 e. The number of carbonyl (C=O) groups excluding carboxylic acids is 1. The van der Waals surface area contributed by atoms with Gasteiger partial charge in [-0.2, -0.15) is 0 Å². The number of Topliss-reactive ketones (excluding diaryl/α,β-unsaturated/α-hetero) is 1. The Bertz CT molecular complexity index is 1130. The van der Waals surface area contributed by atoms with Crippen molar-refractivity contribution in [3.63, 3.8) is 0 Å². The lowest BCUT2D eigenvalue weighted by atomic mass is 9.99. The van der Waals surface area contributed by atoms with E-state index in [-0.39, 0.29) is 28.8 Å². The number of carbonyl (C=O) groups is 1. The summed E-state index contributed by atoms with van der Waals surface area (Å²) in [5.74, 6) is -3.08. The van der Waals surface area contributed by atoms with Crippen LogP contribution in [-0.4, -0.2) is 45.6 Å². The molecule has 2 atom stereocenters. The second-order valence-corrected chi connectivity index (χ2v) is 13.4. The topological polar surface area (TPSA) is 85.3 Å². The summed E-state index contributed by atoms with van der Waals surface area (Å²) in [5, 5.41) is 1.18. The Morgan fingerprint density at radius 3 is 1.35 bits per heavy atom. The average molecular weight is 544 g/mol. The summed E-state index contributed by atoms with van der Waals surface area (Å²) in [6.07, 6.45) is 6.40. The molecule has 0 bridgehead atoms. The monoisotopic (exact) mass is 542 g/mol. The third-order valence-electron chi connectivity index (χ3n) is 5.04. The maximum Gasteiger partial charge on any atom is 0.154 e. The number of sulfone groups is 2. The molecule has 0 saturated carbocycles. The zero-order valence-corrected chi connectivity index (χ0v) is 22.2. The van der Waals surface area contributed by atoms with Crippen LogP contribution in [0.1, 0.15) is 25.0 Å². The fourth-order valence-corrected chi connectivity index (χ4v) is 6.51. The third-order valence-corrected chi connectivity index (χ3v) is 8.96. The van der Waals surface area contributed by atoms with Crippen molar-refractivity contribution in [2.75, 3.05) is 23.0 Å². The Morgan fingerprint density at radius 1 is 0.706 bits per heavy atom. The first-order valence-corrected chi connectivity index (χ1v) is 15.1. The van der Waals surface area contributed by atoms with Gasteiger partial charge in [-0.15, -0.1) is 0 Å². The molecule has 9 heteroatoms. The Morgan fingerprint density at radius 2 is 1.03 bits per heavy atom. The van der Waals surface area contributed by atoms with Gasteiger partial charge in [-0.1, -0.05) is 85.6 Å². The van der Waals surface area contributed by atoms with Crippen LogP contribution in [0.3, 0.4) is 0 Å². The van der Waals surface area contributed by atoms with Crippen molar-refractivity contribution in [3.05, 3.63) is 81.9 Å². The van der Waals surface area contributed by atoms with Crippen LogP contribution in [0.4, 0.5) is 0 Å². The van der Waals surface area contributed by atoms with Crippen LogP contribution >= 0.6 is 23.2 Å². The molecule has 0 amide bonds. The molecular formula is C25H28Cl2O5S2. The molecule has 0 aliphatic heterocycles. The average Bonchev–Trinajstić information content (AvgIpc) is 2.75. The minimum Gasteiger partial charge on any atom is -0.299 e. The minimum absolute atomic E-state index is 0.213. The van der Waals surface area contributed by atoms with E-state index in [0.29, 0.717) is 10.0 Å². The molecule has 0 radical (unpaired) electrons. The van der Waals surface area contributed by atoms with Gasteiger partial charge in [-0.25, -0.2) is 16.8 Å². The Kier molecular flexibility index (Phi) is 10.6. The highest BCUT2D eigenvalue weighted by Gasteiger charge is 2.27. The van der Waals surface area contributed by atoms with Crippen molar-refractivity contribution in [1.82, 2.24) is 0 Å². The number of hydrogen-bond donors (Lipinski definition) is 0. The summed E-state index contributed by atoms with van der Waals surface area (Å²) in [7, 11) is -7.07. The van der Waals surface area contributed by atoms with E-state index >= 15 is 0 Å². The van der Waals surface area contributed by atoms with Crippen LogP contribution in [0.15, 0.2) is 60.7 Å². The van der Waals surface area contributed by atoms with E-state index in [1.807, 2.05) is 0 Å². The normalized spacial score (nSPS) is 14.5. The lowest BCUT2D eigenvalue weighted by molar-refractivity contribution is -0.124. The quantitative estimate of drug-likeness (QED) is 0.358. The number of benzene rings is 2. The standard InChI is InChI=1S/C25H28Cl2O5S2/c1-19(17-33(29,30)15-3-5-21-7-11-23(26)12-8-21)25(28)20(2)18-34(31,32)16-4-6-22-9-13-24(27)14-10-22/h3-14,19-20H,15-18H2,1-2H3. The lowest BCUT2D eigenvalue weighted by Crippen LogP contribution is -2.31. The molecular weight excluding hydrogens is 515 g/mol. The van der Waals surface area contributed by atoms with Gasteiger partial charge in [0, 0.05) is 21.9 Å². The highest BCUT2D eigenvalue weighted by molar-refractivity contribution is 7.91. The predicted octanol–water partition coefficient (Wildman–Crippen LogP) is 5.39. The number of halogens is 2. The van der Waals surface area contributed by atoms with Crippen LogP contribution in [0.5, 0.6) is 0 Å². The molecule has 2 unspecified atom stereocenters. The van der Waals surface area contributed by atoms with Crippen molar-refractivity contribution in [2.24, 2.45) is 11.8 Å². The second-order valence-electron chi connectivity index (χ2n) is 8.27. The van der Waals surface area contributed by atoms with Crippen LogP contribution in [0, 0.1) is 11.8 Å². The third kappa shape index (κ3) is 10.1. The molecule has 184 valence electrons. The van der Waals surface area contributed by atoms with Crippen LogP contribution in [0.2, 0.25) is 10.0 Å². The van der Waals surface area contributed by atoms with E-state index in [2.05, 4.69) is 0 Å². The molecule has 0 aliphatic carbocycles. The minimum atomic E-state index is -3.53. The zero-order chi connectivity index (χ0) is 25.4. The Balaban J connectivity index is 1.87. The highest BCUT2D eigenvalue weighted by Crippen LogP contribution is 2.15. The van der Waals surface area contributed by atoms with E-state index in [4.69, 9.17) is 23.2 Å². The predicted molar refractivity (Wildman–Crippen MR) is 142 cm³/mol. The molecule has 2 rings (SSSR count). The molecule has 0 N–H and O–H groups in total. The summed E-state index contributed by atoms with van der Waals surface area (Å²) in [6, 6.07) is 13.9. The first kappa shape index (κ1) is 28.3. The molecule has 0 heterocycles. The summed E-state index contributed by atoms with van der Waals surface area (Å²) in [5.41, 5.74) is 1.63. The molecule has 0 aromatic heterocycles. The first-order chi connectivity index (χ1) is 15.9. The summed E-state index contributed by atoms with van der Waals surface area (Å²) in [4.78, 5) is 12.7. The smallest absolute Gasteiger partial charge is 0.154 e. The maximum atomic E-state index is 12.7. The first-order valence-electron chi connectivity index (χ1n) is 10.7. The van der Waals surface area contributed by atoms with Gasteiger partial charge in [-0.3, -0.25) is 4.79 Å². The van der Waals surface area contributed by atoms with Gasteiger partial charge >= 0.3 is 0 Å². The van der Waals surface area contributed by atoms with Crippen LogP contribution in [-0.2, 0) is 24.5 Å². The van der Waals surface area contributed by atoms with Gasteiger partial charge in [-0.05, 0) is 35.4 Å². The SMILES string of the molecule is CC(CS(=O)(=O)CC=Cc1ccc(Cl)cc1)C(=O)C(C)CS(=O)(=O)CC=Cc1ccc(Cl)cc1. The maximum absolute atomic E-state index is 12.7. The molecule has 5 nitrogen and oxygen atoms in total. The van der Waals surface area contributed by atoms with Gasteiger partial charge in [0.05, 0.1) is 23.0 Å². The van der Waals surface area contributed by atoms with Gasteiger partial charge in [0.25, 0.3) is 0 Å². The van der Waals surface area contributed by atoms with E-state index in [9.17, 15) is 21.6 Å². The summed E-state index contributed by atoms with van der Waals surface area (Å²) in [6.45, 7) is 3.04. The molecule has 34 heavy (non-hydrogen) atoms. The highest BCUT2D eigenvalue weighted by atomic mass is 35.5. The van der Waals surface area contributed by atoms with Crippen LogP contribution in [0.25, 0.3) is 12.2 Å². The second kappa shape index (κ2) is 12.7. The van der Waals surface area contributed by atoms with E-state index in [0.717, 1.165) is 11.1 Å². The zero-order valence-electron chi connectivity index (χ0n) is 19.0. The van der Waals surface area contributed by atoms with Gasteiger partial charge in [0.15, 0.2) is 19.7 Å². The van der Waals surface area contributed by atoms with Gasteiger partial charge in [0.1, 0.15) is 5.78 Å². The summed E-state index contributed by atoms with van der Waals surface area (Å²) < 4.78 is 49.7. The van der Waals surface area contributed by atoms with E-state index in [1.165, 1.54) is 26.0 Å². The fourth-order valence-electron chi connectivity index (χ4n) is 3.36. The lowest BCUT2D eigenvalue weighted by Gasteiger charge is -2.16. The van der Waals surface area contributed by atoms with Crippen molar-refractivity contribution in [2.45, 2.75) is 13.8 Å². The molecule has 0 aliphatic rings. The van der Waals surface area contributed by atoms with Crippen LogP contribution < -0.4 is 0 Å². The molecule has 0 spiro atoms. The molecule has 0 saturated heterocycles. The summed E-state index contributed by atoms with van der Waals surface area (Å²) >= 11 is 11.7. The Hall–Kier alpha value is -1.93. The van der Waals surface area contributed by atoms with Crippen molar-refractivity contribution < 1.29 is 21.6 Å². The Labute approximate surface area is 212 Å². The number of hydrogen-bond acceptors (Lipinski definition) is 5. The number of rotatable bonds is 12. The number of ketones is 1. The van der Waals surface area contributed by atoms with Crippen molar-refractivity contribution >= 4 is 60.8 Å². The fraction of sp³-hybridized carbons (Fsp3) is 0.320. The van der Waals surface area contributed by atoms with E-state index < -0.39 is 31.5 Å².